The van der Waals surface area contributed by atoms with Crippen molar-refractivity contribution in [1.29, 1.82) is 0 Å². The zero-order chi connectivity index (χ0) is 21.1. The number of hydrogen-bond donors (Lipinski definition) is 2. The second-order valence-corrected chi connectivity index (χ2v) is 9.20. The van der Waals surface area contributed by atoms with Gasteiger partial charge in [0, 0.05) is 11.3 Å². The number of furan rings is 1. The standard InChI is InChI=1S/C21H17N3O4S2/c1-30(26,27)24-16-10-5-9-15(13-16)22-20(25)19-18(14-7-3-2-4-8-14)23-21(29-19)17-11-6-12-28-17/h2-13,24H,1H3,(H,22,25). The monoisotopic (exact) mass is 439 g/mol. The zero-order valence-electron chi connectivity index (χ0n) is 15.8. The number of benzene rings is 2. The summed E-state index contributed by atoms with van der Waals surface area (Å²) in [7, 11) is -3.42. The van der Waals surface area contributed by atoms with Crippen LogP contribution in [0, 0.1) is 0 Å². The molecule has 0 bridgehead atoms. The maximum Gasteiger partial charge on any atom is 0.268 e. The molecule has 0 unspecified atom stereocenters. The Labute approximate surface area is 177 Å². The third-order valence-electron chi connectivity index (χ3n) is 4.04. The smallest absolute Gasteiger partial charge is 0.268 e. The fourth-order valence-corrected chi connectivity index (χ4v) is 4.34. The molecule has 1 amide bonds. The van der Waals surface area contributed by atoms with E-state index in [1.54, 1.807) is 42.7 Å². The molecule has 0 atom stereocenters. The van der Waals surface area contributed by atoms with Crippen molar-refractivity contribution in [3.05, 3.63) is 77.9 Å². The van der Waals surface area contributed by atoms with Gasteiger partial charge in [0.1, 0.15) is 4.88 Å². The number of sulfonamides is 1. The molecule has 30 heavy (non-hydrogen) atoms. The van der Waals surface area contributed by atoms with E-state index in [2.05, 4.69) is 15.0 Å². The Kier molecular flexibility index (Phi) is 5.39. The molecule has 2 N–H and O–H groups in total. The number of amides is 1. The van der Waals surface area contributed by atoms with E-state index in [1.165, 1.54) is 11.3 Å². The minimum Gasteiger partial charge on any atom is -0.462 e. The fourth-order valence-electron chi connectivity index (χ4n) is 2.83. The van der Waals surface area contributed by atoms with Gasteiger partial charge in [-0.1, -0.05) is 36.4 Å². The van der Waals surface area contributed by atoms with Crippen molar-refractivity contribution in [2.45, 2.75) is 0 Å². The van der Waals surface area contributed by atoms with E-state index >= 15 is 0 Å². The molecule has 2 heterocycles. The molecule has 0 radical (unpaired) electrons. The maximum atomic E-state index is 13.1. The molecule has 0 saturated carbocycles. The number of aromatic nitrogens is 1. The topological polar surface area (TPSA) is 101 Å². The molecule has 4 aromatic rings. The van der Waals surface area contributed by atoms with Crippen LogP contribution in [0.2, 0.25) is 0 Å². The molecule has 2 aromatic heterocycles. The number of hydrogen-bond acceptors (Lipinski definition) is 6. The van der Waals surface area contributed by atoms with Crippen molar-refractivity contribution in [2.24, 2.45) is 0 Å². The van der Waals surface area contributed by atoms with Crippen LogP contribution >= 0.6 is 11.3 Å². The molecule has 152 valence electrons. The van der Waals surface area contributed by atoms with Gasteiger partial charge < -0.3 is 9.73 Å². The van der Waals surface area contributed by atoms with E-state index in [0.29, 0.717) is 32.7 Å². The molecule has 4 rings (SSSR count). The van der Waals surface area contributed by atoms with E-state index in [4.69, 9.17) is 4.42 Å². The molecule has 2 aromatic carbocycles. The van der Waals surface area contributed by atoms with Crippen LogP contribution in [0.5, 0.6) is 0 Å². The van der Waals surface area contributed by atoms with Crippen LogP contribution in [0.1, 0.15) is 9.67 Å². The van der Waals surface area contributed by atoms with Gasteiger partial charge in [0.25, 0.3) is 5.91 Å². The van der Waals surface area contributed by atoms with Crippen LogP contribution in [0.25, 0.3) is 22.0 Å². The summed E-state index contributed by atoms with van der Waals surface area (Å²) >= 11 is 1.23. The van der Waals surface area contributed by atoms with Crippen molar-refractivity contribution < 1.29 is 17.6 Å². The van der Waals surface area contributed by atoms with Gasteiger partial charge >= 0.3 is 0 Å². The van der Waals surface area contributed by atoms with Gasteiger partial charge in [0.05, 0.1) is 23.9 Å². The summed E-state index contributed by atoms with van der Waals surface area (Å²) in [5.74, 6) is 0.233. The Morgan fingerprint density at radius 1 is 1.00 bits per heavy atom. The molecule has 0 aliphatic carbocycles. The van der Waals surface area contributed by atoms with Crippen LogP contribution < -0.4 is 10.0 Å². The fraction of sp³-hybridized carbons (Fsp3) is 0.0476. The molecule has 0 saturated heterocycles. The van der Waals surface area contributed by atoms with Crippen LogP contribution in [0.4, 0.5) is 11.4 Å². The molecule has 0 fully saturated rings. The van der Waals surface area contributed by atoms with Crippen molar-refractivity contribution in [1.82, 2.24) is 4.98 Å². The first kappa shape index (κ1) is 19.9. The first-order valence-electron chi connectivity index (χ1n) is 8.88. The Morgan fingerprint density at radius 3 is 2.47 bits per heavy atom. The van der Waals surface area contributed by atoms with E-state index in [1.807, 2.05) is 30.3 Å². The third-order valence-corrected chi connectivity index (χ3v) is 5.71. The van der Waals surface area contributed by atoms with Gasteiger partial charge in [-0.15, -0.1) is 11.3 Å². The summed E-state index contributed by atoms with van der Waals surface area (Å²) in [6, 6.07) is 19.5. The average molecular weight is 440 g/mol. The summed E-state index contributed by atoms with van der Waals surface area (Å²) in [6.07, 6.45) is 2.62. The molecular formula is C21H17N3O4S2. The molecule has 0 aliphatic heterocycles. The maximum absolute atomic E-state index is 13.1. The van der Waals surface area contributed by atoms with Crippen LogP contribution in [0.3, 0.4) is 0 Å². The van der Waals surface area contributed by atoms with E-state index in [0.717, 1.165) is 11.8 Å². The van der Waals surface area contributed by atoms with E-state index < -0.39 is 10.0 Å². The number of thiazole rings is 1. The first-order chi connectivity index (χ1) is 14.4. The molecule has 7 nitrogen and oxygen atoms in total. The highest BCUT2D eigenvalue weighted by Crippen LogP contribution is 2.34. The average Bonchev–Trinajstić information content (AvgIpc) is 3.37. The lowest BCUT2D eigenvalue weighted by molar-refractivity contribution is 0.103. The third kappa shape index (κ3) is 4.58. The number of anilines is 2. The lowest BCUT2D eigenvalue weighted by Crippen LogP contribution is -2.13. The van der Waals surface area contributed by atoms with Crippen LogP contribution in [-0.2, 0) is 10.0 Å². The Balaban J connectivity index is 1.68. The Morgan fingerprint density at radius 2 is 1.77 bits per heavy atom. The number of carbonyl (C=O) groups excluding carboxylic acids is 1. The minimum absolute atomic E-state index is 0.347. The van der Waals surface area contributed by atoms with Crippen molar-refractivity contribution >= 4 is 38.6 Å². The molecular weight excluding hydrogens is 422 g/mol. The van der Waals surface area contributed by atoms with Gasteiger partial charge in [-0.05, 0) is 30.3 Å². The Bertz CT molecular complexity index is 1280. The SMILES string of the molecule is CS(=O)(=O)Nc1cccc(NC(=O)c2sc(-c3ccco3)nc2-c2ccccc2)c1. The Hall–Kier alpha value is -3.43. The number of rotatable bonds is 6. The summed E-state index contributed by atoms with van der Waals surface area (Å²) in [4.78, 5) is 18.1. The molecule has 9 heteroatoms. The predicted molar refractivity (Wildman–Crippen MR) is 118 cm³/mol. The molecule has 0 spiro atoms. The highest BCUT2D eigenvalue weighted by atomic mass is 32.2. The van der Waals surface area contributed by atoms with Crippen molar-refractivity contribution in [2.75, 3.05) is 16.3 Å². The number of carbonyl (C=O) groups is 1. The summed E-state index contributed by atoms with van der Waals surface area (Å²) in [6.45, 7) is 0. The number of nitrogens with one attached hydrogen (secondary N) is 2. The minimum atomic E-state index is -3.42. The van der Waals surface area contributed by atoms with Gasteiger partial charge in [-0.25, -0.2) is 13.4 Å². The second kappa shape index (κ2) is 8.13. The van der Waals surface area contributed by atoms with E-state index in [9.17, 15) is 13.2 Å². The predicted octanol–water partition coefficient (Wildman–Crippen LogP) is 4.69. The zero-order valence-corrected chi connectivity index (χ0v) is 17.5. The van der Waals surface area contributed by atoms with Crippen LogP contribution in [0.15, 0.2) is 77.4 Å². The van der Waals surface area contributed by atoms with Crippen LogP contribution in [-0.4, -0.2) is 25.6 Å². The lowest BCUT2D eigenvalue weighted by atomic mass is 10.1. The summed E-state index contributed by atoms with van der Waals surface area (Å²) < 4.78 is 30.7. The highest BCUT2D eigenvalue weighted by molar-refractivity contribution is 7.92. The van der Waals surface area contributed by atoms with Gasteiger partial charge in [-0.3, -0.25) is 9.52 Å². The van der Waals surface area contributed by atoms with Gasteiger partial charge in [0.2, 0.25) is 10.0 Å². The molecule has 0 aliphatic rings. The summed E-state index contributed by atoms with van der Waals surface area (Å²) in [5, 5.41) is 3.41. The highest BCUT2D eigenvalue weighted by Gasteiger charge is 2.21. The van der Waals surface area contributed by atoms with Gasteiger partial charge in [0.15, 0.2) is 10.8 Å². The van der Waals surface area contributed by atoms with Crippen molar-refractivity contribution in [3.8, 4) is 22.0 Å². The normalized spacial score (nSPS) is 11.2. The second-order valence-electron chi connectivity index (χ2n) is 6.45. The largest absolute Gasteiger partial charge is 0.462 e. The van der Waals surface area contributed by atoms with E-state index in [-0.39, 0.29) is 5.91 Å². The quantitative estimate of drug-likeness (QED) is 0.454. The van der Waals surface area contributed by atoms with Crippen molar-refractivity contribution in [3.63, 3.8) is 0 Å². The van der Waals surface area contributed by atoms with Gasteiger partial charge in [-0.2, -0.15) is 0 Å². The number of nitrogens with zero attached hydrogens (tertiary/aromatic N) is 1. The first-order valence-corrected chi connectivity index (χ1v) is 11.6. The lowest BCUT2D eigenvalue weighted by Gasteiger charge is -2.08. The summed E-state index contributed by atoms with van der Waals surface area (Å²) in [5.41, 5.74) is 2.18.